The Hall–Kier alpha value is -2.29. The number of nitrogens with zero attached hydrogens (tertiary/aromatic N) is 3. The van der Waals surface area contributed by atoms with E-state index < -0.39 is 0 Å². The van der Waals surface area contributed by atoms with Gasteiger partial charge >= 0.3 is 0 Å². The Morgan fingerprint density at radius 2 is 1.58 bits per heavy atom. The summed E-state index contributed by atoms with van der Waals surface area (Å²) >= 11 is 0. The maximum Gasteiger partial charge on any atom is 0.162 e. The highest BCUT2D eigenvalue weighted by molar-refractivity contribution is 5.82. The molecule has 3 aromatic rings. The molecular weight excluding hydrogens is 234 g/mol. The maximum absolute atomic E-state index is 4.41. The van der Waals surface area contributed by atoms with E-state index in [-0.39, 0.29) is 0 Å². The Kier molecular flexibility index (Phi) is 2.75. The second-order valence-corrected chi connectivity index (χ2v) is 4.93. The van der Waals surface area contributed by atoms with E-state index in [0.717, 1.165) is 16.6 Å². The van der Waals surface area contributed by atoms with E-state index in [9.17, 15) is 0 Å². The van der Waals surface area contributed by atoms with Gasteiger partial charge in [-0.15, -0.1) is 0 Å². The fourth-order valence-electron chi connectivity index (χ4n) is 2.65. The van der Waals surface area contributed by atoms with Gasteiger partial charge in [0, 0.05) is 23.3 Å². The molecular formula is C16H15N3. The summed E-state index contributed by atoms with van der Waals surface area (Å²) < 4.78 is 0. The van der Waals surface area contributed by atoms with Crippen LogP contribution < -0.4 is 0 Å². The molecule has 0 amide bonds. The van der Waals surface area contributed by atoms with Crippen molar-refractivity contribution in [3.63, 3.8) is 0 Å². The van der Waals surface area contributed by atoms with Crippen LogP contribution in [0.15, 0.2) is 36.9 Å². The lowest BCUT2D eigenvalue weighted by atomic mass is 9.94. The average molecular weight is 249 g/mol. The normalized spacial score (nSPS) is 10.9. The molecule has 0 bridgehead atoms. The lowest BCUT2D eigenvalue weighted by Crippen LogP contribution is -1.92. The predicted octanol–water partition coefficient (Wildman–Crippen LogP) is 3.62. The third kappa shape index (κ3) is 2.08. The van der Waals surface area contributed by atoms with Gasteiger partial charge in [0.15, 0.2) is 5.65 Å². The van der Waals surface area contributed by atoms with Crippen LogP contribution in [-0.2, 0) is 0 Å². The Morgan fingerprint density at radius 1 is 0.842 bits per heavy atom. The Bertz CT molecular complexity index is 740. The molecule has 0 radical (unpaired) electrons. The van der Waals surface area contributed by atoms with Gasteiger partial charge in [-0.1, -0.05) is 17.7 Å². The molecule has 0 N–H and O–H groups in total. The molecule has 1 aromatic carbocycles. The van der Waals surface area contributed by atoms with Crippen molar-refractivity contribution >= 4 is 11.0 Å². The van der Waals surface area contributed by atoms with E-state index in [2.05, 4.69) is 53.9 Å². The summed E-state index contributed by atoms with van der Waals surface area (Å²) in [6.45, 7) is 6.40. The number of benzene rings is 1. The topological polar surface area (TPSA) is 38.7 Å². The first kappa shape index (κ1) is 11.8. The summed E-state index contributed by atoms with van der Waals surface area (Å²) in [5.41, 5.74) is 6.95. The largest absolute Gasteiger partial charge is 0.244 e. The van der Waals surface area contributed by atoms with Gasteiger partial charge < -0.3 is 0 Å². The molecule has 2 aromatic heterocycles. The maximum atomic E-state index is 4.41. The van der Waals surface area contributed by atoms with Crippen LogP contribution in [0.3, 0.4) is 0 Å². The predicted molar refractivity (Wildman–Crippen MR) is 77.0 cm³/mol. The second-order valence-electron chi connectivity index (χ2n) is 4.93. The summed E-state index contributed by atoms with van der Waals surface area (Å²) in [5.74, 6) is 0. The summed E-state index contributed by atoms with van der Waals surface area (Å²) in [6.07, 6.45) is 5.22. The Balaban J connectivity index is 2.25. The van der Waals surface area contributed by atoms with Crippen molar-refractivity contribution in [2.45, 2.75) is 20.8 Å². The molecule has 0 unspecified atom stereocenters. The summed E-state index contributed by atoms with van der Waals surface area (Å²) in [5, 5.41) is 0.972. The number of aryl methyl sites for hydroxylation is 3. The molecule has 3 heteroatoms. The summed E-state index contributed by atoms with van der Waals surface area (Å²) in [7, 11) is 0. The van der Waals surface area contributed by atoms with E-state index in [1.54, 1.807) is 6.20 Å². The van der Waals surface area contributed by atoms with Crippen LogP contribution in [0.2, 0.25) is 0 Å². The smallest absolute Gasteiger partial charge is 0.162 e. The first-order valence-corrected chi connectivity index (χ1v) is 6.29. The molecule has 0 fully saturated rings. The fourth-order valence-corrected chi connectivity index (χ4v) is 2.65. The summed E-state index contributed by atoms with van der Waals surface area (Å²) in [4.78, 5) is 12.6. The van der Waals surface area contributed by atoms with Gasteiger partial charge in [-0.25, -0.2) is 15.0 Å². The van der Waals surface area contributed by atoms with Crippen molar-refractivity contribution in [3.8, 4) is 11.1 Å². The molecule has 0 atom stereocenters. The Labute approximate surface area is 112 Å². The second kappa shape index (κ2) is 4.43. The van der Waals surface area contributed by atoms with Crippen molar-refractivity contribution in [2.75, 3.05) is 0 Å². The molecule has 0 aliphatic rings. The van der Waals surface area contributed by atoms with E-state index >= 15 is 0 Å². The molecule has 0 saturated heterocycles. The van der Waals surface area contributed by atoms with Gasteiger partial charge in [0.05, 0.1) is 0 Å². The molecule has 94 valence electrons. The molecule has 19 heavy (non-hydrogen) atoms. The van der Waals surface area contributed by atoms with Crippen LogP contribution in [0.1, 0.15) is 16.7 Å². The van der Waals surface area contributed by atoms with E-state index in [1.807, 2.05) is 6.20 Å². The van der Waals surface area contributed by atoms with E-state index in [1.165, 1.54) is 28.6 Å². The molecule has 3 rings (SSSR count). The van der Waals surface area contributed by atoms with Crippen LogP contribution in [0.25, 0.3) is 22.2 Å². The highest BCUT2D eigenvalue weighted by Gasteiger charge is 2.08. The monoisotopic (exact) mass is 249 g/mol. The van der Waals surface area contributed by atoms with Crippen molar-refractivity contribution in [1.29, 1.82) is 0 Å². The number of rotatable bonds is 1. The van der Waals surface area contributed by atoms with E-state index in [0.29, 0.717) is 0 Å². The number of pyridine rings is 1. The van der Waals surface area contributed by atoms with Gasteiger partial charge in [0.1, 0.15) is 6.33 Å². The van der Waals surface area contributed by atoms with Crippen LogP contribution in [0, 0.1) is 20.8 Å². The molecule has 0 aliphatic heterocycles. The average Bonchev–Trinajstić information content (AvgIpc) is 2.37. The molecule has 0 spiro atoms. The highest BCUT2D eigenvalue weighted by atomic mass is 14.9. The van der Waals surface area contributed by atoms with Crippen molar-refractivity contribution < 1.29 is 0 Å². The SMILES string of the molecule is Cc1cc(C)c(-c2cnc3ncncc3c2)c(C)c1. The zero-order valence-electron chi connectivity index (χ0n) is 11.3. The van der Waals surface area contributed by atoms with Crippen LogP contribution in [0.5, 0.6) is 0 Å². The van der Waals surface area contributed by atoms with Crippen LogP contribution in [-0.4, -0.2) is 15.0 Å². The van der Waals surface area contributed by atoms with E-state index in [4.69, 9.17) is 0 Å². The number of hydrogen-bond donors (Lipinski definition) is 0. The fraction of sp³-hybridized carbons (Fsp3) is 0.188. The molecule has 2 heterocycles. The van der Waals surface area contributed by atoms with Gasteiger partial charge in [-0.05, 0) is 43.5 Å². The van der Waals surface area contributed by atoms with Crippen LogP contribution in [0.4, 0.5) is 0 Å². The van der Waals surface area contributed by atoms with Gasteiger partial charge in [-0.3, -0.25) is 0 Å². The highest BCUT2D eigenvalue weighted by Crippen LogP contribution is 2.29. The first-order valence-electron chi connectivity index (χ1n) is 6.29. The third-order valence-corrected chi connectivity index (χ3v) is 3.32. The lowest BCUT2D eigenvalue weighted by Gasteiger charge is -2.11. The molecule has 0 aliphatic carbocycles. The molecule has 3 nitrogen and oxygen atoms in total. The van der Waals surface area contributed by atoms with Crippen molar-refractivity contribution in [3.05, 3.63) is 53.6 Å². The van der Waals surface area contributed by atoms with Crippen LogP contribution >= 0.6 is 0 Å². The van der Waals surface area contributed by atoms with Crippen molar-refractivity contribution in [1.82, 2.24) is 15.0 Å². The minimum atomic E-state index is 0.737. The number of hydrogen-bond acceptors (Lipinski definition) is 3. The quantitative estimate of drug-likeness (QED) is 0.661. The zero-order valence-corrected chi connectivity index (χ0v) is 11.3. The summed E-state index contributed by atoms with van der Waals surface area (Å²) in [6, 6.07) is 6.51. The zero-order chi connectivity index (χ0) is 13.4. The molecule has 0 saturated carbocycles. The number of fused-ring (bicyclic) bond motifs is 1. The van der Waals surface area contributed by atoms with Gasteiger partial charge in [0.25, 0.3) is 0 Å². The standard InChI is InChI=1S/C16H15N3/c1-10-4-11(2)15(12(3)5-10)13-6-14-7-17-9-19-16(14)18-8-13/h4-9H,1-3H3. The van der Waals surface area contributed by atoms with Gasteiger partial charge in [0.2, 0.25) is 0 Å². The number of aromatic nitrogens is 3. The lowest BCUT2D eigenvalue weighted by molar-refractivity contribution is 1.18. The Morgan fingerprint density at radius 3 is 2.32 bits per heavy atom. The first-order chi connectivity index (χ1) is 9.15. The third-order valence-electron chi connectivity index (χ3n) is 3.32. The van der Waals surface area contributed by atoms with Gasteiger partial charge in [-0.2, -0.15) is 0 Å². The minimum Gasteiger partial charge on any atom is -0.244 e. The minimum absolute atomic E-state index is 0.737. The van der Waals surface area contributed by atoms with Crippen molar-refractivity contribution in [2.24, 2.45) is 0 Å².